The van der Waals surface area contributed by atoms with Crippen LogP contribution in [0.25, 0.3) is 0 Å². The molecule has 1 heterocycles. The second kappa shape index (κ2) is 5.81. The standard InChI is InChI=1S/C15H21N3O2/c16-15(18-19)12-4-2-1-3-11(12)9-17-13-7-8-20-14(13)10-5-6-10/h1-4,10,13-14,17,19H,5-9H2,(H2,16,18). The number of amidine groups is 1. The summed E-state index contributed by atoms with van der Waals surface area (Å²) in [6.07, 6.45) is 4.02. The van der Waals surface area contributed by atoms with Crippen LogP contribution in [0.4, 0.5) is 0 Å². The molecule has 2 atom stereocenters. The summed E-state index contributed by atoms with van der Waals surface area (Å²) in [7, 11) is 0. The van der Waals surface area contributed by atoms with Gasteiger partial charge in [-0.2, -0.15) is 0 Å². The summed E-state index contributed by atoms with van der Waals surface area (Å²) in [4.78, 5) is 0. The number of oxime groups is 1. The molecule has 5 nitrogen and oxygen atoms in total. The van der Waals surface area contributed by atoms with Gasteiger partial charge < -0.3 is 21.0 Å². The lowest BCUT2D eigenvalue weighted by Crippen LogP contribution is -2.37. The van der Waals surface area contributed by atoms with Gasteiger partial charge in [-0.25, -0.2) is 0 Å². The smallest absolute Gasteiger partial charge is 0.170 e. The Labute approximate surface area is 118 Å². The zero-order valence-electron chi connectivity index (χ0n) is 11.5. The minimum atomic E-state index is 0.156. The largest absolute Gasteiger partial charge is 0.409 e. The molecule has 4 N–H and O–H groups in total. The third-order valence-corrected chi connectivity index (χ3v) is 4.18. The zero-order valence-corrected chi connectivity index (χ0v) is 11.5. The van der Waals surface area contributed by atoms with Gasteiger partial charge >= 0.3 is 0 Å². The Hall–Kier alpha value is -1.59. The van der Waals surface area contributed by atoms with Crippen LogP contribution in [0.1, 0.15) is 30.4 Å². The molecule has 2 aliphatic rings. The number of ether oxygens (including phenoxy) is 1. The van der Waals surface area contributed by atoms with Gasteiger partial charge in [0.2, 0.25) is 0 Å². The van der Waals surface area contributed by atoms with Crippen LogP contribution < -0.4 is 11.1 Å². The van der Waals surface area contributed by atoms with Crippen molar-refractivity contribution < 1.29 is 9.94 Å². The number of hydrogen-bond donors (Lipinski definition) is 3. The molecule has 1 saturated heterocycles. The van der Waals surface area contributed by atoms with Crippen molar-refractivity contribution in [2.45, 2.75) is 38.0 Å². The van der Waals surface area contributed by atoms with Gasteiger partial charge in [-0.1, -0.05) is 29.4 Å². The molecule has 0 bridgehead atoms. The van der Waals surface area contributed by atoms with Gasteiger partial charge in [0.1, 0.15) is 0 Å². The highest BCUT2D eigenvalue weighted by atomic mass is 16.5. The van der Waals surface area contributed by atoms with E-state index in [2.05, 4.69) is 10.5 Å². The number of hydrogen-bond acceptors (Lipinski definition) is 4. The average molecular weight is 275 g/mol. The van der Waals surface area contributed by atoms with Gasteiger partial charge in [-0.3, -0.25) is 0 Å². The molecule has 2 fully saturated rings. The summed E-state index contributed by atoms with van der Waals surface area (Å²) in [6, 6.07) is 8.15. The first-order valence-corrected chi connectivity index (χ1v) is 7.20. The number of rotatable bonds is 5. The Bertz CT molecular complexity index is 500. The molecule has 0 radical (unpaired) electrons. The molecular formula is C15H21N3O2. The second-order valence-corrected chi connectivity index (χ2v) is 5.59. The SMILES string of the molecule is N/C(=N/O)c1ccccc1CNC1CCOC1C1CC1. The molecule has 0 aromatic heterocycles. The quantitative estimate of drug-likeness (QED) is 0.329. The predicted octanol–water partition coefficient (Wildman–Crippen LogP) is 1.44. The first-order valence-electron chi connectivity index (χ1n) is 7.20. The highest BCUT2D eigenvalue weighted by Gasteiger charge is 2.40. The molecular weight excluding hydrogens is 254 g/mol. The van der Waals surface area contributed by atoms with E-state index in [1.54, 1.807) is 0 Å². The van der Waals surface area contributed by atoms with E-state index in [0.29, 0.717) is 18.7 Å². The van der Waals surface area contributed by atoms with Crippen LogP contribution in [-0.4, -0.2) is 29.8 Å². The first-order chi connectivity index (χ1) is 9.79. The van der Waals surface area contributed by atoms with Crippen LogP contribution in [0.3, 0.4) is 0 Å². The molecule has 1 saturated carbocycles. The molecule has 0 amide bonds. The van der Waals surface area contributed by atoms with Gasteiger partial charge in [-0.05, 0) is 30.7 Å². The molecule has 20 heavy (non-hydrogen) atoms. The topological polar surface area (TPSA) is 79.9 Å². The Kier molecular flexibility index (Phi) is 3.89. The number of nitrogens with one attached hydrogen (secondary N) is 1. The maximum atomic E-state index is 8.84. The highest BCUT2D eigenvalue weighted by Crippen LogP contribution is 2.38. The fraction of sp³-hybridized carbons (Fsp3) is 0.533. The zero-order chi connectivity index (χ0) is 13.9. The van der Waals surface area contributed by atoms with Crippen molar-refractivity contribution in [2.24, 2.45) is 16.8 Å². The summed E-state index contributed by atoms with van der Waals surface area (Å²) < 4.78 is 5.83. The Morgan fingerprint density at radius 3 is 2.90 bits per heavy atom. The molecule has 1 aliphatic carbocycles. The van der Waals surface area contributed by atoms with Crippen LogP contribution in [0.2, 0.25) is 0 Å². The lowest BCUT2D eigenvalue weighted by atomic mass is 10.0. The summed E-state index contributed by atoms with van der Waals surface area (Å²) in [5, 5.41) is 15.5. The lowest BCUT2D eigenvalue weighted by Gasteiger charge is -2.20. The van der Waals surface area contributed by atoms with Crippen LogP contribution in [-0.2, 0) is 11.3 Å². The molecule has 1 aliphatic heterocycles. The van der Waals surface area contributed by atoms with E-state index in [9.17, 15) is 0 Å². The molecule has 0 spiro atoms. The Balaban J connectivity index is 1.66. The molecule has 5 heteroatoms. The molecule has 3 rings (SSSR count). The molecule has 2 unspecified atom stereocenters. The Morgan fingerprint density at radius 1 is 1.35 bits per heavy atom. The monoisotopic (exact) mass is 275 g/mol. The van der Waals surface area contributed by atoms with E-state index in [-0.39, 0.29) is 5.84 Å². The first kappa shape index (κ1) is 13.4. The maximum absolute atomic E-state index is 8.84. The van der Waals surface area contributed by atoms with Gasteiger partial charge in [0, 0.05) is 24.8 Å². The van der Waals surface area contributed by atoms with Crippen LogP contribution in [0.15, 0.2) is 29.4 Å². The summed E-state index contributed by atoms with van der Waals surface area (Å²) >= 11 is 0. The van der Waals surface area contributed by atoms with E-state index in [0.717, 1.165) is 30.1 Å². The van der Waals surface area contributed by atoms with E-state index in [1.807, 2.05) is 24.3 Å². The fourth-order valence-corrected chi connectivity index (χ4v) is 2.94. The third-order valence-electron chi connectivity index (χ3n) is 4.18. The highest BCUT2D eigenvalue weighted by molar-refractivity contribution is 5.98. The maximum Gasteiger partial charge on any atom is 0.170 e. The number of nitrogens with zero attached hydrogens (tertiary/aromatic N) is 1. The number of benzene rings is 1. The minimum absolute atomic E-state index is 0.156. The normalized spacial score (nSPS) is 26.9. The molecule has 108 valence electrons. The molecule has 1 aromatic carbocycles. The van der Waals surface area contributed by atoms with Crippen LogP contribution in [0.5, 0.6) is 0 Å². The summed E-state index contributed by atoms with van der Waals surface area (Å²) in [5.74, 6) is 0.901. The van der Waals surface area contributed by atoms with Crippen LogP contribution >= 0.6 is 0 Å². The molecule has 1 aromatic rings. The van der Waals surface area contributed by atoms with E-state index in [1.165, 1.54) is 12.8 Å². The van der Waals surface area contributed by atoms with Crippen molar-refractivity contribution in [3.63, 3.8) is 0 Å². The summed E-state index contributed by atoms with van der Waals surface area (Å²) in [6.45, 7) is 1.56. The lowest BCUT2D eigenvalue weighted by molar-refractivity contribution is 0.0809. The summed E-state index contributed by atoms with van der Waals surface area (Å²) in [5.41, 5.74) is 7.54. The van der Waals surface area contributed by atoms with Crippen molar-refractivity contribution in [1.82, 2.24) is 5.32 Å². The third kappa shape index (κ3) is 2.78. The van der Waals surface area contributed by atoms with E-state index >= 15 is 0 Å². The van der Waals surface area contributed by atoms with E-state index < -0.39 is 0 Å². The van der Waals surface area contributed by atoms with Gasteiger partial charge in [0.25, 0.3) is 0 Å². The van der Waals surface area contributed by atoms with Crippen molar-refractivity contribution in [3.8, 4) is 0 Å². The fourth-order valence-electron chi connectivity index (χ4n) is 2.94. The second-order valence-electron chi connectivity index (χ2n) is 5.59. The van der Waals surface area contributed by atoms with Gasteiger partial charge in [-0.15, -0.1) is 0 Å². The van der Waals surface area contributed by atoms with E-state index in [4.69, 9.17) is 15.7 Å². The van der Waals surface area contributed by atoms with Crippen molar-refractivity contribution in [3.05, 3.63) is 35.4 Å². The number of nitrogens with two attached hydrogens (primary N) is 1. The van der Waals surface area contributed by atoms with Gasteiger partial charge in [0.05, 0.1) is 6.10 Å². The average Bonchev–Trinajstić information content (AvgIpc) is 3.23. The van der Waals surface area contributed by atoms with Crippen molar-refractivity contribution >= 4 is 5.84 Å². The van der Waals surface area contributed by atoms with Crippen LogP contribution in [0, 0.1) is 5.92 Å². The van der Waals surface area contributed by atoms with Crippen molar-refractivity contribution in [1.29, 1.82) is 0 Å². The van der Waals surface area contributed by atoms with Crippen molar-refractivity contribution in [2.75, 3.05) is 6.61 Å². The Morgan fingerprint density at radius 2 is 2.15 bits per heavy atom. The predicted molar refractivity (Wildman–Crippen MR) is 76.7 cm³/mol. The minimum Gasteiger partial charge on any atom is -0.409 e. The van der Waals surface area contributed by atoms with Gasteiger partial charge in [0.15, 0.2) is 5.84 Å².